The number of nitrogens with one attached hydrogen (secondary N) is 2. The maximum atomic E-state index is 6.17. The summed E-state index contributed by atoms with van der Waals surface area (Å²) in [6, 6.07) is 11.7. The Hall–Kier alpha value is -2.30. The molecule has 5 heteroatoms. The summed E-state index contributed by atoms with van der Waals surface area (Å²) in [5.74, 6) is 2.85. The number of ether oxygens (including phenoxy) is 1. The average Bonchev–Trinajstić information content (AvgIpc) is 3.46. The number of rotatable bonds is 1. The van der Waals surface area contributed by atoms with Crippen LogP contribution in [0.3, 0.4) is 0 Å². The van der Waals surface area contributed by atoms with Gasteiger partial charge in [-0.2, -0.15) is 0 Å². The number of halogens is 1. The van der Waals surface area contributed by atoms with Crippen LogP contribution in [0, 0.1) is 5.92 Å². The van der Waals surface area contributed by atoms with Gasteiger partial charge in [0.2, 0.25) is 0 Å². The molecule has 0 radical (unpaired) electrons. The van der Waals surface area contributed by atoms with Crippen molar-refractivity contribution in [2.24, 2.45) is 5.92 Å². The van der Waals surface area contributed by atoms with Gasteiger partial charge in [-0.1, -0.05) is 18.0 Å². The molecule has 2 aromatic carbocycles. The zero-order valence-corrected chi connectivity index (χ0v) is 17.6. The van der Waals surface area contributed by atoms with Crippen LogP contribution in [0.1, 0.15) is 54.4 Å². The minimum absolute atomic E-state index is 0.381. The molecular weight excluding hydrogens is 394 g/mol. The lowest BCUT2D eigenvalue weighted by Gasteiger charge is -2.24. The van der Waals surface area contributed by atoms with Gasteiger partial charge < -0.3 is 15.0 Å². The molecule has 3 atom stereocenters. The lowest BCUT2D eigenvalue weighted by molar-refractivity contribution is 0.302. The van der Waals surface area contributed by atoms with Crippen LogP contribution in [-0.4, -0.2) is 16.0 Å². The average molecular weight is 418 g/mol. The Balaban J connectivity index is 1.28. The van der Waals surface area contributed by atoms with Gasteiger partial charge in [-0.3, -0.25) is 0 Å². The van der Waals surface area contributed by atoms with Crippen molar-refractivity contribution in [3.05, 3.63) is 58.0 Å². The highest BCUT2D eigenvalue weighted by atomic mass is 35.5. The zero-order chi connectivity index (χ0) is 19.8. The van der Waals surface area contributed by atoms with Crippen molar-refractivity contribution in [3.8, 4) is 28.1 Å². The lowest BCUT2D eigenvalue weighted by atomic mass is 9.86. The van der Waals surface area contributed by atoms with Gasteiger partial charge in [-0.25, -0.2) is 4.98 Å². The molecule has 4 aliphatic rings. The number of aromatic amines is 1. The first kappa shape index (κ1) is 17.4. The van der Waals surface area contributed by atoms with E-state index in [1.54, 1.807) is 0 Å². The van der Waals surface area contributed by atoms with E-state index in [1.807, 2.05) is 12.1 Å². The number of aromatic nitrogens is 2. The van der Waals surface area contributed by atoms with E-state index in [1.165, 1.54) is 53.6 Å². The van der Waals surface area contributed by atoms with Crippen molar-refractivity contribution in [2.75, 3.05) is 0 Å². The molecule has 0 bridgehead atoms. The van der Waals surface area contributed by atoms with Crippen molar-refractivity contribution in [1.82, 2.24) is 15.3 Å². The molecule has 2 fully saturated rings. The molecular formula is C25H24ClN3O. The molecule has 1 aromatic heterocycles. The first-order valence-electron chi connectivity index (χ1n) is 11.2. The SMILES string of the molecule is Clc1ccc2c(c1)OCc1cc3c(cc1-2)CCc1[nH]c(C2CC4CCCC4N2)nc1-3. The molecule has 3 unspecified atom stereocenters. The second kappa shape index (κ2) is 6.35. The number of nitrogens with zero attached hydrogens (tertiary/aromatic N) is 1. The molecule has 1 saturated carbocycles. The number of fused-ring (bicyclic) bond motifs is 7. The smallest absolute Gasteiger partial charge is 0.129 e. The highest BCUT2D eigenvalue weighted by Gasteiger charge is 2.39. The topological polar surface area (TPSA) is 49.9 Å². The fourth-order valence-electron chi connectivity index (χ4n) is 6.10. The summed E-state index contributed by atoms with van der Waals surface area (Å²) in [5, 5.41) is 4.56. The number of hydrogen-bond acceptors (Lipinski definition) is 3. The standard InChI is InChI=1S/C25H24ClN3O/c26-16-5-6-17-18-8-13-4-7-21-24(19(13)9-15(18)12-30-23(17)11-16)29-25(28-21)22-10-14-2-1-3-20(14)27-22/h5-6,8-9,11,14,20,22,27H,1-4,7,10,12H2,(H,28,29). The molecule has 7 rings (SSSR count). The number of imidazole rings is 1. The second-order valence-electron chi connectivity index (χ2n) is 9.30. The van der Waals surface area contributed by atoms with Gasteiger partial charge in [-0.15, -0.1) is 0 Å². The minimum atomic E-state index is 0.381. The Morgan fingerprint density at radius 2 is 1.93 bits per heavy atom. The fraction of sp³-hybridized carbons (Fsp3) is 0.400. The van der Waals surface area contributed by atoms with Crippen LogP contribution >= 0.6 is 11.6 Å². The predicted molar refractivity (Wildman–Crippen MR) is 118 cm³/mol. The summed E-state index contributed by atoms with van der Waals surface area (Å²) in [7, 11) is 0. The molecule has 152 valence electrons. The Bertz CT molecular complexity index is 1170. The maximum absolute atomic E-state index is 6.17. The number of benzene rings is 2. The summed E-state index contributed by atoms with van der Waals surface area (Å²) >= 11 is 6.17. The Morgan fingerprint density at radius 3 is 2.87 bits per heavy atom. The van der Waals surface area contributed by atoms with Crippen molar-refractivity contribution < 1.29 is 4.74 Å². The molecule has 3 heterocycles. The quantitative estimate of drug-likeness (QED) is 0.542. The van der Waals surface area contributed by atoms with E-state index in [4.69, 9.17) is 21.3 Å². The molecule has 30 heavy (non-hydrogen) atoms. The monoisotopic (exact) mass is 417 g/mol. The molecule has 0 spiro atoms. The van der Waals surface area contributed by atoms with E-state index in [-0.39, 0.29) is 0 Å². The van der Waals surface area contributed by atoms with E-state index in [9.17, 15) is 0 Å². The van der Waals surface area contributed by atoms with Crippen molar-refractivity contribution in [3.63, 3.8) is 0 Å². The van der Waals surface area contributed by atoms with Crippen molar-refractivity contribution in [1.29, 1.82) is 0 Å². The van der Waals surface area contributed by atoms with Gasteiger partial charge in [0.05, 0.1) is 11.7 Å². The predicted octanol–water partition coefficient (Wildman–Crippen LogP) is 5.59. The van der Waals surface area contributed by atoms with Crippen molar-refractivity contribution in [2.45, 2.75) is 57.2 Å². The maximum Gasteiger partial charge on any atom is 0.129 e. The van der Waals surface area contributed by atoms with E-state index in [0.29, 0.717) is 23.7 Å². The third kappa shape index (κ3) is 2.53. The molecule has 2 aliphatic heterocycles. The Morgan fingerprint density at radius 1 is 1.00 bits per heavy atom. The van der Waals surface area contributed by atoms with Crippen LogP contribution in [0.2, 0.25) is 5.02 Å². The first-order valence-corrected chi connectivity index (χ1v) is 11.5. The van der Waals surface area contributed by atoms with E-state index in [0.717, 1.165) is 41.6 Å². The lowest BCUT2D eigenvalue weighted by Crippen LogP contribution is -2.24. The van der Waals surface area contributed by atoms with Gasteiger partial charge in [-0.05, 0) is 85.0 Å². The second-order valence-corrected chi connectivity index (χ2v) is 9.73. The molecule has 3 aromatic rings. The van der Waals surface area contributed by atoms with Gasteiger partial charge in [0.1, 0.15) is 18.2 Å². The highest BCUT2D eigenvalue weighted by molar-refractivity contribution is 6.30. The van der Waals surface area contributed by atoms with Gasteiger partial charge >= 0.3 is 0 Å². The number of hydrogen-bond donors (Lipinski definition) is 2. The Kier molecular flexibility index (Phi) is 3.68. The third-order valence-electron chi connectivity index (χ3n) is 7.59. The third-order valence-corrected chi connectivity index (χ3v) is 7.82. The minimum Gasteiger partial charge on any atom is -0.488 e. The number of aryl methyl sites for hydroxylation is 2. The molecule has 2 aliphatic carbocycles. The fourth-order valence-corrected chi connectivity index (χ4v) is 6.26. The zero-order valence-electron chi connectivity index (χ0n) is 16.8. The van der Waals surface area contributed by atoms with Crippen LogP contribution in [-0.2, 0) is 19.4 Å². The molecule has 0 amide bonds. The summed E-state index contributed by atoms with van der Waals surface area (Å²) in [5.41, 5.74) is 8.74. The van der Waals surface area contributed by atoms with Crippen LogP contribution in [0.15, 0.2) is 30.3 Å². The van der Waals surface area contributed by atoms with E-state index in [2.05, 4.69) is 28.5 Å². The summed E-state index contributed by atoms with van der Waals surface area (Å²) in [6.45, 7) is 0.579. The summed E-state index contributed by atoms with van der Waals surface area (Å²) in [6.07, 6.45) is 7.36. The molecule has 4 nitrogen and oxygen atoms in total. The van der Waals surface area contributed by atoms with E-state index < -0.39 is 0 Å². The van der Waals surface area contributed by atoms with Gasteiger partial charge in [0.25, 0.3) is 0 Å². The molecule has 1 saturated heterocycles. The highest BCUT2D eigenvalue weighted by Crippen LogP contribution is 2.45. The van der Waals surface area contributed by atoms with Crippen LogP contribution in [0.25, 0.3) is 22.4 Å². The Labute approximate surface area is 181 Å². The normalized spacial score (nSPS) is 25.7. The first-order chi connectivity index (χ1) is 14.7. The summed E-state index contributed by atoms with van der Waals surface area (Å²) in [4.78, 5) is 8.82. The van der Waals surface area contributed by atoms with E-state index >= 15 is 0 Å². The van der Waals surface area contributed by atoms with Gasteiger partial charge in [0, 0.05) is 27.9 Å². The molecule has 2 N–H and O–H groups in total. The van der Waals surface area contributed by atoms with Crippen LogP contribution in [0.5, 0.6) is 5.75 Å². The van der Waals surface area contributed by atoms with Crippen LogP contribution in [0.4, 0.5) is 0 Å². The van der Waals surface area contributed by atoms with Crippen LogP contribution < -0.4 is 10.1 Å². The largest absolute Gasteiger partial charge is 0.488 e. The summed E-state index contributed by atoms with van der Waals surface area (Å²) < 4.78 is 6.02. The number of H-pyrrole nitrogens is 1. The van der Waals surface area contributed by atoms with Gasteiger partial charge in [0.15, 0.2) is 0 Å². The van der Waals surface area contributed by atoms with Crippen molar-refractivity contribution >= 4 is 11.6 Å².